The molecule has 15 nitrogen and oxygen atoms in total. The lowest BCUT2D eigenvalue weighted by Crippen LogP contribution is -2.00. The molecule has 15 heteroatoms. The van der Waals surface area contributed by atoms with Crippen LogP contribution in [0.3, 0.4) is 0 Å². The lowest BCUT2D eigenvalue weighted by atomic mass is 9.94. The van der Waals surface area contributed by atoms with E-state index in [4.69, 9.17) is 14.2 Å². The van der Waals surface area contributed by atoms with Crippen LogP contribution in [0.2, 0.25) is 0 Å². The van der Waals surface area contributed by atoms with Gasteiger partial charge in [0.05, 0.1) is 14.8 Å². The SMILES string of the molecule is O=[N+]([O-])c1ccc(Oc2cc3c(cc2O)Cc2cc(Oc4ccc([N+](=O)[O-])cc4)c(O)cc2Cc2cc(Oc4ccc([N+](=O)[O-])cc4)c(O)cc2C3)cc1. The summed E-state index contributed by atoms with van der Waals surface area (Å²) in [6, 6.07) is 25.7. The van der Waals surface area contributed by atoms with Gasteiger partial charge in [-0.15, -0.1) is 0 Å². The Morgan fingerprint density at radius 3 is 0.833 bits per heavy atom. The van der Waals surface area contributed by atoms with Crippen LogP contribution in [0, 0.1) is 30.3 Å². The molecule has 1 aliphatic rings. The normalized spacial score (nSPS) is 11.8. The number of nitro groups is 3. The molecule has 54 heavy (non-hydrogen) atoms. The van der Waals surface area contributed by atoms with Gasteiger partial charge in [-0.2, -0.15) is 0 Å². The second-order valence-corrected chi connectivity index (χ2v) is 12.4. The van der Waals surface area contributed by atoms with E-state index in [1.54, 1.807) is 36.4 Å². The molecule has 0 amide bonds. The Kier molecular flexibility index (Phi) is 9.11. The van der Waals surface area contributed by atoms with Crippen LogP contribution in [-0.2, 0) is 19.3 Å². The number of hydrogen-bond donors (Lipinski definition) is 3. The molecule has 0 heterocycles. The summed E-state index contributed by atoms with van der Waals surface area (Å²) in [6.45, 7) is 0. The Hall–Kier alpha value is -7.68. The predicted molar refractivity (Wildman–Crippen MR) is 192 cm³/mol. The van der Waals surface area contributed by atoms with E-state index in [2.05, 4.69) is 0 Å². The molecule has 1 aliphatic carbocycles. The molecule has 3 N–H and O–H groups in total. The van der Waals surface area contributed by atoms with Gasteiger partial charge in [0, 0.05) is 36.4 Å². The molecule has 0 radical (unpaired) electrons. The van der Waals surface area contributed by atoms with Crippen LogP contribution >= 0.6 is 0 Å². The summed E-state index contributed by atoms with van der Waals surface area (Å²) in [5, 5.41) is 66.8. The topological polar surface area (TPSA) is 218 Å². The minimum Gasteiger partial charge on any atom is -0.504 e. The smallest absolute Gasteiger partial charge is 0.269 e. The maximum atomic E-state index is 11.1. The van der Waals surface area contributed by atoms with Crippen molar-refractivity contribution in [2.75, 3.05) is 0 Å². The van der Waals surface area contributed by atoms with Gasteiger partial charge in [0.25, 0.3) is 17.1 Å². The third kappa shape index (κ3) is 7.36. The standard InChI is InChI=1S/C39H27N3O12/c43-34-16-22-14-26-20-38(53-32-9-3-29(4-10-32)41(48)49)36(45)18-24(26)15-27-21-39(54-33-11-5-30(6-12-33)42(50)51)35(44)17-23(27)13-25(22)19-37(34)52-31-7-1-28(2-8-31)40(46)47/h1-12,16-21,43-45H,13-15H2. The maximum absolute atomic E-state index is 11.1. The molecule has 0 bridgehead atoms. The first-order valence-corrected chi connectivity index (χ1v) is 16.2. The number of benzene rings is 6. The molecule has 0 saturated carbocycles. The minimum absolute atomic E-state index is 0.0823. The molecule has 0 unspecified atom stereocenters. The summed E-state index contributed by atoms with van der Waals surface area (Å²) in [5.41, 5.74) is 3.75. The Balaban J connectivity index is 1.30. The van der Waals surface area contributed by atoms with Gasteiger partial charge in [-0.1, -0.05) is 0 Å². The van der Waals surface area contributed by atoms with Crippen molar-refractivity contribution in [2.24, 2.45) is 0 Å². The number of nitro benzene ring substituents is 3. The average molecular weight is 730 g/mol. The first-order valence-electron chi connectivity index (χ1n) is 16.2. The van der Waals surface area contributed by atoms with Crippen molar-refractivity contribution in [3.63, 3.8) is 0 Å². The Morgan fingerprint density at radius 1 is 0.389 bits per heavy atom. The number of phenolic OH excluding ortho intramolecular Hbond substituents is 3. The van der Waals surface area contributed by atoms with E-state index in [9.17, 15) is 45.7 Å². The van der Waals surface area contributed by atoms with Gasteiger partial charge in [-0.05, 0) is 125 Å². The van der Waals surface area contributed by atoms with Crippen molar-refractivity contribution in [3.8, 4) is 51.7 Å². The zero-order valence-corrected chi connectivity index (χ0v) is 27.9. The van der Waals surface area contributed by atoms with Crippen LogP contribution in [-0.4, -0.2) is 30.1 Å². The van der Waals surface area contributed by atoms with E-state index in [1.165, 1.54) is 72.8 Å². The Bertz CT molecular complexity index is 2180. The van der Waals surface area contributed by atoms with Gasteiger partial charge in [0.2, 0.25) is 0 Å². The molecule has 7 rings (SSSR count). The van der Waals surface area contributed by atoms with Crippen LogP contribution in [0.15, 0.2) is 109 Å². The number of ether oxygens (including phenoxy) is 3. The monoisotopic (exact) mass is 729 g/mol. The number of hydrogen-bond acceptors (Lipinski definition) is 12. The first kappa shape index (κ1) is 34.8. The highest BCUT2D eigenvalue weighted by molar-refractivity contribution is 5.59. The van der Waals surface area contributed by atoms with Gasteiger partial charge in [-0.3, -0.25) is 30.3 Å². The average Bonchev–Trinajstić information content (AvgIpc) is 3.19. The zero-order valence-electron chi connectivity index (χ0n) is 27.9. The summed E-state index contributed by atoms with van der Waals surface area (Å²) < 4.78 is 17.8. The first-order chi connectivity index (χ1) is 25.9. The van der Waals surface area contributed by atoms with Crippen molar-refractivity contribution in [1.82, 2.24) is 0 Å². The fourth-order valence-electron chi connectivity index (χ4n) is 6.10. The maximum Gasteiger partial charge on any atom is 0.269 e. The Morgan fingerprint density at radius 2 is 0.611 bits per heavy atom. The van der Waals surface area contributed by atoms with Crippen molar-refractivity contribution in [1.29, 1.82) is 0 Å². The van der Waals surface area contributed by atoms with Gasteiger partial charge in [0.1, 0.15) is 17.2 Å². The number of fused-ring (bicyclic) bond motifs is 3. The summed E-state index contributed by atoms with van der Waals surface area (Å²) in [4.78, 5) is 31.8. The molecular formula is C39H27N3O12. The van der Waals surface area contributed by atoms with Crippen LogP contribution in [0.25, 0.3) is 0 Å². The van der Waals surface area contributed by atoms with Crippen molar-refractivity contribution in [2.45, 2.75) is 19.3 Å². The Labute approximate surface area is 304 Å². The number of nitrogens with zero attached hydrogens (tertiary/aromatic N) is 3. The zero-order chi connectivity index (χ0) is 38.1. The molecule has 6 aromatic carbocycles. The molecule has 0 aliphatic heterocycles. The highest BCUT2D eigenvalue weighted by Gasteiger charge is 2.23. The number of non-ortho nitro benzene ring substituents is 3. The molecule has 0 aromatic heterocycles. The largest absolute Gasteiger partial charge is 0.504 e. The summed E-state index contributed by atoms with van der Waals surface area (Å²) in [5.74, 6) is 0.380. The van der Waals surface area contributed by atoms with E-state index < -0.39 is 14.8 Å². The second kappa shape index (κ2) is 14.1. The van der Waals surface area contributed by atoms with Gasteiger partial charge >= 0.3 is 0 Å². The van der Waals surface area contributed by atoms with Crippen LogP contribution in [0.4, 0.5) is 17.1 Å². The lowest BCUT2D eigenvalue weighted by Gasteiger charge is -2.16. The summed E-state index contributed by atoms with van der Waals surface area (Å²) >= 11 is 0. The fraction of sp³-hybridized carbons (Fsp3) is 0.0769. The van der Waals surface area contributed by atoms with Crippen LogP contribution < -0.4 is 14.2 Å². The second-order valence-electron chi connectivity index (χ2n) is 12.4. The molecular weight excluding hydrogens is 702 g/mol. The number of aromatic hydroxyl groups is 3. The quantitative estimate of drug-likeness (QED) is 0.0936. The number of phenols is 3. The molecule has 0 fully saturated rings. The molecule has 6 aromatic rings. The highest BCUT2D eigenvalue weighted by atomic mass is 16.6. The number of rotatable bonds is 9. The molecule has 0 spiro atoms. The van der Waals surface area contributed by atoms with E-state index in [-0.39, 0.29) is 88.1 Å². The van der Waals surface area contributed by atoms with Crippen LogP contribution in [0.5, 0.6) is 51.7 Å². The molecule has 0 saturated heterocycles. The van der Waals surface area contributed by atoms with Crippen LogP contribution in [0.1, 0.15) is 33.4 Å². The summed E-state index contributed by atoms with van der Waals surface area (Å²) in [7, 11) is 0. The molecule has 270 valence electrons. The van der Waals surface area contributed by atoms with E-state index in [0.717, 1.165) is 0 Å². The van der Waals surface area contributed by atoms with Crippen molar-refractivity contribution >= 4 is 17.1 Å². The van der Waals surface area contributed by atoms with Gasteiger partial charge in [-0.25, -0.2) is 0 Å². The third-order valence-electron chi connectivity index (χ3n) is 8.81. The molecule has 0 atom stereocenters. The summed E-state index contributed by atoms with van der Waals surface area (Å²) in [6.07, 6.45) is 0.747. The van der Waals surface area contributed by atoms with E-state index in [0.29, 0.717) is 33.4 Å². The highest BCUT2D eigenvalue weighted by Crippen LogP contribution is 2.43. The van der Waals surface area contributed by atoms with Gasteiger partial charge < -0.3 is 29.5 Å². The van der Waals surface area contributed by atoms with E-state index in [1.807, 2.05) is 0 Å². The fourth-order valence-corrected chi connectivity index (χ4v) is 6.10. The van der Waals surface area contributed by atoms with Gasteiger partial charge in [0.15, 0.2) is 34.5 Å². The predicted octanol–water partition coefficient (Wildman–Crippen LogP) is 8.99. The van der Waals surface area contributed by atoms with Crippen molar-refractivity contribution < 1.29 is 44.3 Å². The van der Waals surface area contributed by atoms with E-state index >= 15 is 0 Å². The minimum atomic E-state index is -0.537. The van der Waals surface area contributed by atoms with Crippen molar-refractivity contribution in [3.05, 3.63) is 173 Å². The lowest BCUT2D eigenvalue weighted by molar-refractivity contribution is -0.385. The third-order valence-corrected chi connectivity index (χ3v) is 8.81.